The minimum absolute atomic E-state index is 0.101. The minimum Gasteiger partial charge on any atom is -0.364 e. The summed E-state index contributed by atoms with van der Waals surface area (Å²) in [4.78, 5) is 45.2. The van der Waals surface area contributed by atoms with Gasteiger partial charge in [0.2, 0.25) is 0 Å². The number of primary amides is 1. The molecular weight excluding hydrogens is 428 g/mol. The molecule has 32 heavy (non-hydrogen) atoms. The molecule has 3 aromatic rings. The molecule has 166 valence electrons. The summed E-state index contributed by atoms with van der Waals surface area (Å²) in [5.41, 5.74) is 6.20. The molecule has 2 aromatic heterocycles. The number of hydrogen-bond donors (Lipinski definition) is 4. The van der Waals surface area contributed by atoms with E-state index in [9.17, 15) is 14.4 Å². The number of nitrogens with two attached hydrogens (primary N) is 1. The number of aromatic nitrogens is 2. The van der Waals surface area contributed by atoms with Crippen LogP contribution in [-0.2, 0) is 5.54 Å². The molecule has 3 rings (SSSR count). The van der Waals surface area contributed by atoms with E-state index in [-0.39, 0.29) is 16.6 Å². The topological polar surface area (TPSA) is 139 Å². The number of nitrogens with zero attached hydrogens (tertiary/aromatic N) is 2. The normalized spacial score (nSPS) is 11.0. The maximum Gasteiger partial charge on any atom is 0.320 e. The van der Waals surface area contributed by atoms with E-state index >= 15 is 0 Å². The second-order valence-electron chi connectivity index (χ2n) is 7.42. The number of carbonyl (C=O) groups is 3. The number of pyridine rings is 1. The zero-order valence-electron chi connectivity index (χ0n) is 17.9. The van der Waals surface area contributed by atoms with E-state index in [4.69, 9.17) is 5.73 Å². The number of amides is 4. The molecule has 0 aliphatic rings. The van der Waals surface area contributed by atoms with Crippen LogP contribution in [0.5, 0.6) is 0 Å². The van der Waals surface area contributed by atoms with Gasteiger partial charge in [0.05, 0.1) is 5.54 Å². The van der Waals surface area contributed by atoms with Crippen LogP contribution in [-0.4, -0.2) is 34.4 Å². The van der Waals surface area contributed by atoms with E-state index in [0.717, 1.165) is 16.9 Å². The van der Waals surface area contributed by atoms with Gasteiger partial charge in [-0.1, -0.05) is 30.3 Å². The van der Waals surface area contributed by atoms with Crippen molar-refractivity contribution in [1.82, 2.24) is 20.6 Å². The van der Waals surface area contributed by atoms with Gasteiger partial charge in [0.25, 0.3) is 11.8 Å². The summed E-state index contributed by atoms with van der Waals surface area (Å²) < 4.78 is 0. The Kier molecular flexibility index (Phi) is 6.84. The Hall–Kier alpha value is -3.79. The van der Waals surface area contributed by atoms with Gasteiger partial charge >= 0.3 is 6.03 Å². The first-order valence-electron chi connectivity index (χ1n) is 9.91. The molecule has 9 nitrogen and oxygen atoms in total. The Labute approximate surface area is 189 Å². The van der Waals surface area contributed by atoms with Gasteiger partial charge in [0.15, 0.2) is 5.69 Å². The highest BCUT2D eigenvalue weighted by molar-refractivity contribution is 7.17. The molecule has 0 fully saturated rings. The lowest BCUT2D eigenvalue weighted by Gasteiger charge is -2.26. The standard InChI is InChI=1S/C22H24N6O3S/c1-4-24-21(31)26-15-11-10-13(12-25-15)20-27-16(18(23)29)17(32-20)19(30)28-22(2,3)14-8-6-5-7-9-14/h5-12H,4H2,1-3H3,(H2,23,29)(H,28,30)(H2,24,25,26,31). The monoisotopic (exact) mass is 452 g/mol. The summed E-state index contributed by atoms with van der Waals surface area (Å²) in [7, 11) is 0. The van der Waals surface area contributed by atoms with Crippen molar-refractivity contribution < 1.29 is 14.4 Å². The molecule has 2 heterocycles. The predicted octanol–water partition coefficient (Wildman–Crippen LogP) is 3.11. The minimum atomic E-state index is -0.794. The molecule has 0 unspecified atom stereocenters. The van der Waals surface area contributed by atoms with Crippen LogP contribution in [0.4, 0.5) is 10.6 Å². The lowest BCUT2D eigenvalue weighted by atomic mass is 9.94. The van der Waals surface area contributed by atoms with E-state index in [1.807, 2.05) is 51.1 Å². The van der Waals surface area contributed by atoms with Crippen LogP contribution in [0.1, 0.15) is 46.5 Å². The van der Waals surface area contributed by atoms with Crippen LogP contribution in [0.3, 0.4) is 0 Å². The third-order valence-electron chi connectivity index (χ3n) is 4.58. The number of urea groups is 1. The van der Waals surface area contributed by atoms with Crippen LogP contribution in [0, 0.1) is 0 Å². The lowest BCUT2D eigenvalue weighted by molar-refractivity contribution is 0.0903. The highest BCUT2D eigenvalue weighted by Gasteiger charge is 2.28. The van der Waals surface area contributed by atoms with Crippen molar-refractivity contribution in [1.29, 1.82) is 0 Å². The highest BCUT2D eigenvalue weighted by atomic mass is 32.1. The molecule has 0 saturated carbocycles. The fraction of sp³-hybridized carbons (Fsp3) is 0.227. The second kappa shape index (κ2) is 9.56. The molecule has 0 radical (unpaired) electrons. The summed E-state index contributed by atoms with van der Waals surface area (Å²) in [5.74, 6) is -0.884. The molecule has 1 aromatic carbocycles. The van der Waals surface area contributed by atoms with E-state index in [1.54, 1.807) is 12.1 Å². The first kappa shape index (κ1) is 22.9. The van der Waals surface area contributed by atoms with Gasteiger partial charge in [0.1, 0.15) is 15.7 Å². The third-order valence-corrected chi connectivity index (χ3v) is 5.68. The smallest absolute Gasteiger partial charge is 0.320 e. The van der Waals surface area contributed by atoms with Crippen molar-refractivity contribution in [3.05, 3.63) is 64.8 Å². The Morgan fingerprint density at radius 2 is 1.81 bits per heavy atom. The Bertz CT molecular complexity index is 1130. The van der Waals surface area contributed by atoms with Gasteiger partial charge in [-0.25, -0.2) is 14.8 Å². The summed E-state index contributed by atoms with van der Waals surface area (Å²) in [6, 6.07) is 12.4. The maximum absolute atomic E-state index is 13.0. The zero-order valence-corrected chi connectivity index (χ0v) is 18.7. The molecular formula is C22H24N6O3S. The first-order valence-corrected chi connectivity index (χ1v) is 10.7. The quantitative estimate of drug-likeness (QED) is 0.436. The van der Waals surface area contributed by atoms with Crippen molar-refractivity contribution in [2.45, 2.75) is 26.3 Å². The van der Waals surface area contributed by atoms with Crippen molar-refractivity contribution in [2.75, 3.05) is 11.9 Å². The third kappa shape index (κ3) is 5.27. The van der Waals surface area contributed by atoms with Crippen LogP contribution >= 0.6 is 11.3 Å². The number of nitrogens with one attached hydrogen (secondary N) is 3. The van der Waals surface area contributed by atoms with Gasteiger partial charge in [-0.2, -0.15) is 0 Å². The number of carbonyl (C=O) groups excluding carboxylic acids is 3. The fourth-order valence-electron chi connectivity index (χ4n) is 2.95. The van der Waals surface area contributed by atoms with Crippen molar-refractivity contribution in [2.24, 2.45) is 5.73 Å². The molecule has 0 aliphatic carbocycles. The zero-order chi connectivity index (χ0) is 23.3. The SMILES string of the molecule is CCNC(=O)Nc1ccc(-c2nc(C(N)=O)c(C(=O)NC(C)(C)c3ccccc3)s2)cn1. The van der Waals surface area contributed by atoms with Crippen molar-refractivity contribution in [3.8, 4) is 10.6 Å². The maximum atomic E-state index is 13.0. The van der Waals surface area contributed by atoms with Crippen LogP contribution in [0.15, 0.2) is 48.7 Å². The van der Waals surface area contributed by atoms with E-state index in [0.29, 0.717) is 22.9 Å². The number of benzene rings is 1. The Morgan fingerprint density at radius 3 is 2.41 bits per heavy atom. The van der Waals surface area contributed by atoms with Crippen LogP contribution in [0.2, 0.25) is 0 Å². The molecule has 4 amide bonds. The van der Waals surface area contributed by atoms with Gasteiger partial charge in [0, 0.05) is 18.3 Å². The summed E-state index contributed by atoms with van der Waals surface area (Å²) >= 11 is 1.05. The van der Waals surface area contributed by atoms with Crippen molar-refractivity contribution in [3.63, 3.8) is 0 Å². The molecule has 0 saturated heterocycles. The lowest BCUT2D eigenvalue weighted by Crippen LogP contribution is -2.41. The molecule has 10 heteroatoms. The Morgan fingerprint density at radius 1 is 1.09 bits per heavy atom. The number of rotatable bonds is 7. The van der Waals surface area contributed by atoms with E-state index < -0.39 is 17.4 Å². The largest absolute Gasteiger partial charge is 0.364 e. The number of thiazole rings is 1. The van der Waals surface area contributed by atoms with Crippen LogP contribution < -0.4 is 21.7 Å². The van der Waals surface area contributed by atoms with E-state index in [1.165, 1.54) is 6.20 Å². The van der Waals surface area contributed by atoms with Gasteiger partial charge in [-0.15, -0.1) is 11.3 Å². The first-order chi connectivity index (χ1) is 15.2. The molecule has 0 spiro atoms. The number of hydrogen-bond acceptors (Lipinski definition) is 6. The molecule has 0 bridgehead atoms. The predicted molar refractivity (Wildman–Crippen MR) is 123 cm³/mol. The van der Waals surface area contributed by atoms with Gasteiger partial charge in [-0.3, -0.25) is 14.9 Å². The molecule has 0 atom stereocenters. The van der Waals surface area contributed by atoms with Crippen LogP contribution in [0.25, 0.3) is 10.6 Å². The number of anilines is 1. The second-order valence-corrected chi connectivity index (χ2v) is 8.42. The summed E-state index contributed by atoms with van der Waals surface area (Å²) in [5, 5.41) is 8.57. The fourth-order valence-corrected chi connectivity index (χ4v) is 3.90. The van der Waals surface area contributed by atoms with Crippen molar-refractivity contribution >= 4 is 35.0 Å². The summed E-state index contributed by atoms with van der Waals surface area (Å²) in [6.45, 7) is 6.04. The summed E-state index contributed by atoms with van der Waals surface area (Å²) in [6.07, 6.45) is 1.50. The van der Waals surface area contributed by atoms with Gasteiger partial charge in [-0.05, 0) is 38.5 Å². The highest BCUT2D eigenvalue weighted by Crippen LogP contribution is 2.29. The molecule has 5 N–H and O–H groups in total. The average molecular weight is 453 g/mol. The van der Waals surface area contributed by atoms with E-state index in [2.05, 4.69) is 25.9 Å². The Balaban J connectivity index is 1.84. The van der Waals surface area contributed by atoms with Gasteiger partial charge < -0.3 is 16.4 Å². The molecule has 0 aliphatic heterocycles. The average Bonchev–Trinajstić information content (AvgIpc) is 3.21.